The molecule has 1 aliphatic rings. The molecule has 3 aromatic heterocycles. The summed E-state index contributed by atoms with van der Waals surface area (Å²) < 4.78 is 20.9. The number of pyridine rings is 2. The fraction of sp³-hybridized carbons (Fsp3) is 0.370. The zero-order chi connectivity index (χ0) is 24.4. The van der Waals surface area contributed by atoms with E-state index in [4.69, 9.17) is 9.72 Å². The van der Waals surface area contributed by atoms with Crippen LogP contribution < -0.4 is 9.64 Å². The number of halogens is 1. The van der Waals surface area contributed by atoms with E-state index in [1.165, 1.54) is 12.1 Å². The van der Waals surface area contributed by atoms with Crippen LogP contribution in [0.5, 0.6) is 5.75 Å². The van der Waals surface area contributed by atoms with Crippen molar-refractivity contribution in [1.29, 1.82) is 0 Å². The molecule has 0 radical (unpaired) electrons. The summed E-state index contributed by atoms with van der Waals surface area (Å²) >= 11 is 0. The van der Waals surface area contributed by atoms with Crippen molar-refractivity contribution in [2.75, 3.05) is 38.2 Å². The molecule has 0 bridgehead atoms. The van der Waals surface area contributed by atoms with Crippen molar-refractivity contribution < 1.29 is 9.13 Å². The van der Waals surface area contributed by atoms with Crippen molar-refractivity contribution in [1.82, 2.24) is 24.5 Å². The van der Waals surface area contributed by atoms with Crippen LogP contribution in [-0.2, 0) is 12.8 Å². The summed E-state index contributed by atoms with van der Waals surface area (Å²) in [7, 11) is 1.57. The van der Waals surface area contributed by atoms with Crippen molar-refractivity contribution in [3.63, 3.8) is 0 Å². The van der Waals surface area contributed by atoms with Crippen LogP contribution in [0, 0.1) is 5.82 Å². The second-order valence-electron chi connectivity index (χ2n) is 9.24. The maximum Gasteiger partial charge on any atom is 0.168 e. The Labute approximate surface area is 205 Å². The minimum Gasteiger partial charge on any atom is -0.496 e. The van der Waals surface area contributed by atoms with Crippen LogP contribution in [0.2, 0.25) is 0 Å². The first-order chi connectivity index (χ1) is 17.0. The molecule has 35 heavy (non-hydrogen) atoms. The predicted octanol–water partition coefficient (Wildman–Crippen LogP) is 4.25. The van der Waals surface area contributed by atoms with E-state index < -0.39 is 0 Å². The van der Waals surface area contributed by atoms with Gasteiger partial charge in [-0.05, 0) is 62.6 Å². The summed E-state index contributed by atoms with van der Waals surface area (Å²) in [5.74, 6) is 1.28. The van der Waals surface area contributed by atoms with Gasteiger partial charge < -0.3 is 9.64 Å². The van der Waals surface area contributed by atoms with Gasteiger partial charge in [0.1, 0.15) is 23.7 Å². The topological polar surface area (TPSA) is 58.8 Å². The zero-order valence-corrected chi connectivity index (χ0v) is 20.5. The molecule has 0 atom stereocenters. The first-order valence-corrected chi connectivity index (χ1v) is 12.1. The third-order valence-electron chi connectivity index (χ3n) is 6.87. The van der Waals surface area contributed by atoms with Gasteiger partial charge in [-0.25, -0.2) is 9.37 Å². The summed E-state index contributed by atoms with van der Waals surface area (Å²) in [6.07, 6.45) is 5.13. The number of anilines is 1. The largest absolute Gasteiger partial charge is 0.496 e. The lowest BCUT2D eigenvalue weighted by Gasteiger charge is -2.37. The Morgan fingerprint density at radius 1 is 1.00 bits per heavy atom. The molecule has 0 saturated carbocycles. The van der Waals surface area contributed by atoms with E-state index in [1.54, 1.807) is 19.5 Å². The highest BCUT2D eigenvalue weighted by molar-refractivity contribution is 5.77. The van der Waals surface area contributed by atoms with Gasteiger partial charge in [-0.3, -0.25) is 9.30 Å². The van der Waals surface area contributed by atoms with E-state index in [2.05, 4.69) is 58.1 Å². The lowest BCUT2D eigenvalue weighted by atomic mass is 10.0. The van der Waals surface area contributed by atoms with Gasteiger partial charge in [0.05, 0.1) is 7.11 Å². The molecule has 0 spiro atoms. The SMILES string of the molecule is COc1cc(F)ccc1CCc1ccc(-c2ccc(N3CCN(C(C)C)CC3)nc2)c2nncn12. The Kier molecular flexibility index (Phi) is 6.63. The molecule has 4 heterocycles. The smallest absolute Gasteiger partial charge is 0.168 e. The molecule has 0 aliphatic carbocycles. The minimum atomic E-state index is -0.298. The van der Waals surface area contributed by atoms with Crippen LogP contribution in [0.1, 0.15) is 25.1 Å². The normalized spacial score (nSPS) is 14.7. The second kappa shape index (κ2) is 10.00. The highest BCUT2D eigenvalue weighted by atomic mass is 19.1. The molecular formula is C27H31FN6O. The third-order valence-corrected chi connectivity index (χ3v) is 6.87. The fourth-order valence-electron chi connectivity index (χ4n) is 4.78. The number of fused-ring (bicyclic) bond motifs is 1. The highest BCUT2D eigenvalue weighted by Gasteiger charge is 2.20. The van der Waals surface area contributed by atoms with Crippen molar-refractivity contribution in [2.24, 2.45) is 0 Å². The number of benzene rings is 1. The standard InChI is InChI=1S/C27H31FN6O/c1-19(2)32-12-14-33(15-13-32)26-11-6-21(17-29-26)24-10-9-23(34-18-30-31-27(24)34)8-5-20-4-7-22(28)16-25(20)35-3/h4,6-7,9-11,16-19H,5,8,12-15H2,1-3H3. The van der Waals surface area contributed by atoms with Crippen LogP contribution in [0.15, 0.2) is 55.0 Å². The van der Waals surface area contributed by atoms with E-state index in [9.17, 15) is 4.39 Å². The van der Waals surface area contributed by atoms with Crippen LogP contribution in [0.4, 0.5) is 10.2 Å². The van der Waals surface area contributed by atoms with Crippen LogP contribution in [0.25, 0.3) is 16.8 Å². The van der Waals surface area contributed by atoms with Gasteiger partial charge >= 0.3 is 0 Å². The molecule has 8 heteroatoms. The number of aromatic nitrogens is 4. The predicted molar refractivity (Wildman–Crippen MR) is 135 cm³/mol. The molecular weight excluding hydrogens is 443 g/mol. The molecule has 5 rings (SSSR count). The number of aryl methyl sites for hydroxylation is 2. The first-order valence-electron chi connectivity index (χ1n) is 12.1. The molecule has 1 aromatic carbocycles. The van der Waals surface area contributed by atoms with E-state index in [0.29, 0.717) is 11.8 Å². The number of piperazine rings is 1. The van der Waals surface area contributed by atoms with Gasteiger partial charge in [0.25, 0.3) is 0 Å². The van der Waals surface area contributed by atoms with Crippen molar-refractivity contribution in [3.8, 4) is 16.9 Å². The Morgan fingerprint density at radius 3 is 2.54 bits per heavy atom. The maximum atomic E-state index is 13.5. The van der Waals surface area contributed by atoms with Crippen molar-refractivity contribution in [2.45, 2.75) is 32.7 Å². The summed E-state index contributed by atoms with van der Waals surface area (Å²) in [4.78, 5) is 9.62. The molecule has 1 fully saturated rings. The van der Waals surface area contributed by atoms with Gasteiger partial charge in [-0.1, -0.05) is 6.07 Å². The van der Waals surface area contributed by atoms with Crippen LogP contribution in [-0.4, -0.2) is 63.8 Å². The van der Waals surface area contributed by atoms with Crippen molar-refractivity contribution in [3.05, 3.63) is 72.1 Å². The quantitative estimate of drug-likeness (QED) is 0.399. The lowest BCUT2D eigenvalue weighted by molar-refractivity contribution is 0.209. The number of nitrogens with zero attached hydrogens (tertiary/aromatic N) is 6. The Bertz CT molecular complexity index is 1300. The molecule has 1 aliphatic heterocycles. The Balaban J connectivity index is 1.33. The van der Waals surface area contributed by atoms with Crippen LogP contribution in [0.3, 0.4) is 0 Å². The maximum absolute atomic E-state index is 13.5. The lowest BCUT2D eigenvalue weighted by Crippen LogP contribution is -2.49. The van der Waals surface area contributed by atoms with E-state index in [-0.39, 0.29) is 5.82 Å². The van der Waals surface area contributed by atoms with Gasteiger partial charge in [-0.15, -0.1) is 10.2 Å². The zero-order valence-electron chi connectivity index (χ0n) is 20.5. The third kappa shape index (κ3) is 4.84. The molecule has 4 aromatic rings. The monoisotopic (exact) mass is 474 g/mol. The molecule has 1 saturated heterocycles. The van der Waals surface area contributed by atoms with Crippen molar-refractivity contribution >= 4 is 11.5 Å². The number of hydrogen-bond donors (Lipinski definition) is 0. The summed E-state index contributed by atoms with van der Waals surface area (Å²) in [5, 5.41) is 8.55. The van der Waals surface area contributed by atoms with Gasteiger partial charge in [-0.2, -0.15) is 0 Å². The minimum absolute atomic E-state index is 0.298. The number of methoxy groups -OCH3 is 1. The summed E-state index contributed by atoms with van der Waals surface area (Å²) in [5.41, 5.74) is 4.85. The molecule has 0 N–H and O–H groups in total. The number of ether oxygens (including phenoxy) is 1. The van der Waals surface area contributed by atoms with Gasteiger partial charge in [0.2, 0.25) is 0 Å². The summed E-state index contributed by atoms with van der Waals surface area (Å²) in [6.45, 7) is 8.61. The molecule has 0 amide bonds. The average molecular weight is 475 g/mol. The number of rotatable bonds is 7. The van der Waals surface area contributed by atoms with E-state index >= 15 is 0 Å². The highest BCUT2D eigenvalue weighted by Crippen LogP contribution is 2.27. The Hall–Kier alpha value is -3.52. The number of hydrogen-bond acceptors (Lipinski definition) is 6. The molecule has 0 unspecified atom stereocenters. The second-order valence-corrected chi connectivity index (χ2v) is 9.24. The van der Waals surface area contributed by atoms with E-state index in [0.717, 1.165) is 72.9 Å². The van der Waals surface area contributed by atoms with Gasteiger partial charge in [0, 0.05) is 61.3 Å². The van der Waals surface area contributed by atoms with Gasteiger partial charge in [0.15, 0.2) is 5.65 Å². The fourth-order valence-corrected chi connectivity index (χ4v) is 4.78. The summed E-state index contributed by atoms with van der Waals surface area (Å²) in [6, 6.07) is 13.6. The average Bonchev–Trinajstić information content (AvgIpc) is 3.38. The molecule has 182 valence electrons. The van der Waals surface area contributed by atoms with Crippen LogP contribution >= 0.6 is 0 Å². The first kappa shape index (κ1) is 23.2. The van der Waals surface area contributed by atoms with E-state index in [1.807, 2.05) is 10.6 Å². The molecule has 7 nitrogen and oxygen atoms in total. The Morgan fingerprint density at radius 2 is 1.83 bits per heavy atom.